The van der Waals surface area contributed by atoms with E-state index in [9.17, 15) is 4.79 Å². The molecule has 148 valence electrons. The first kappa shape index (κ1) is 18.9. The second kappa shape index (κ2) is 8.68. The highest BCUT2D eigenvalue weighted by molar-refractivity contribution is 5.81. The Bertz CT molecular complexity index is 765. The lowest BCUT2D eigenvalue weighted by molar-refractivity contribution is -0.137. The molecule has 2 fully saturated rings. The van der Waals surface area contributed by atoms with Crippen LogP contribution in [0.2, 0.25) is 0 Å². The lowest BCUT2D eigenvalue weighted by Gasteiger charge is -2.35. The fourth-order valence-corrected chi connectivity index (χ4v) is 4.62. The van der Waals surface area contributed by atoms with E-state index >= 15 is 0 Å². The maximum atomic E-state index is 13.3. The van der Waals surface area contributed by atoms with Crippen molar-refractivity contribution in [3.05, 3.63) is 60.7 Å². The number of ether oxygens (including phenoxy) is 1. The van der Waals surface area contributed by atoms with Crippen LogP contribution in [0, 0.1) is 11.8 Å². The Labute approximate surface area is 168 Å². The molecule has 2 aliphatic rings. The summed E-state index contributed by atoms with van der Waals surface area (Å²) in [7, 11) is 0. The second-order valence-electron chi connectivity index (χ2n) is 8.08. The van der Waals surface area contributed by atoms with Gasteiger partial charge >= 0.3 is 0 Å². The molecule has 2 saturated heterocycles. The number of benzene rings is 2. The largest absolute Gasteiger partial charge is 0.493 e. The van der Waals surface area contributed by atoms with Gasteiger partial charge in [-0.1, -0.05) is 36.4 Å². The molecule has 28 heavy (non-hydrogen) atoms. The Kier molecular flexibility index (Phi) is 5.84. The highest BCUT2D eigenvalue weighted by atomic mass is 16.5. The van der Waals surface area contributed by atoms with Crippen LogP contribution in [0.25, 0.3) is 0 Å². The van der Waals surface area contributed by atoms with Gasteiger partial charge in [0.1, 0.15) is 5.75 Å². The average molecular weight is 379 g/mol. The standard InChI is InChI=1S/C24H30N2O2/c1-19-23(14-16-26(19)21-10-4-2-5-11-21)24(27)25-15-8-9-20(17-25)18-28-22-12-6-3-7-13-22/h2-7,10-13,19-20,23H,8-9,14-18H2,1H3/t19-,20?,23-/m1/s1. The van der Waals surface area contributed by atoms with E-state index in [0.29, 0.717) is 18.4 Å². The van der Waals surface area contributed by atoms with E-state index in [2.05, 4.69) is 41.0 Å². The summed E-state index contributed by atoms with van der Waals surface area (Å²) in [5, 5.41) is 0. The number of rotatable bonds is 5. The number of para-hydroxylation sites is 2. The topological polar surface area (TPSA) is 32.8 Å². The van der Waals surface area contributed by atoms with E-state index in [1.54, 1.807) is 0 Å². The quantitative estimate of drug-likeness (QED) is 0.781. The molecule has 0 radical (unpaired) electrons. The number of carbonyl (C=O) groups is 1. The molecule has 0 N–H and O–H groups in total. The van der Waals surface area contributed by atoms with E-state index in [-0.39, 0.29) is 12.0 Å². The van der Waals surface area contributed by atoms with Crippen molar-refractivity contribution in [2.75, 3.05) is 31.1 Å². The fourth-order valence-electron chi connectivity index (χ4n) is 4.62. The van der Waals surface area contributed by atoms with Gasteiger partial charge in [0.15, 0.2) is 0 Å². The van der Waals surface area contributed by atoms with Crippen molar-refractivity contribution >= 4 is 11.6 Å². The molecule has 4 nitrogen and oxygen atoms in total. The number of nitrogens with zero attached hydrogens (tertiary/aromatic N) is 2. The van der Waals surface area contributed by atoms with E-state index in [1.165, 1.54) is 5.69 Å². The first-order valence-electron chi connectivity index (χ1n) is 10.5. The second-order valence-corrected chi connectivity index (χ2v) is 8.08. The minimum Gasteiger partial charge on any atom is -0.493 e. The monoisotopic (exact) mass is 378 g/mol. The van der Waals surface area contributed by atoms with Crippen LogP contribution < -0.4 is 9.64 Å². The van der Waals surface area contributed by atoms with Crippen LogP contribution in [0.5, 0.6) is 5.75 Å². The molecule has 2 aromatic carbocycles. The summed E-state index contributed by atoms with van der Waals surface area (Å²) >= 11 is 0. The number of hydrogen-bond acceptors (Lipinski definition) is 3. The van der Waals surface area contributed by atoms with Crippen LogP contribution in [0.4, 0.5) is 5.69 Å². The molecule has 1 unspecified atom stereocenters. The molecule has 2 aromatic rings. The van der Waals surface area contributed by atoms with Gasteiger partial charge in [0.25, 0.3) is 0 Å². The summed E-state index contributed by atoms with van der Waals surface area (Å²) in [6, 6.07) is 20.7. The number of anilines is 1. The molecular weight excluding hydrogens is 348 g/mol. The highest BCUT2D eigenvalue weighted by Crippen LogP contribution is 2.32. The van der Waals surface area contributed by atoms with E-state index in [0.717, 1.165) is 44.6 Å². The smallest absolute Gasteiger partial charge is 0.227 e. The SMILES string of the molecule is C[C@@H]1[C@H](C(=O)N2CCCC(COc3ccccc3)C2)CCN1c1ccccc1. The van der Waals surface area contributed by atoms with Crippen molar-refractivity contribution in [3.63, 3.8) is 0 Å². The lowest BCUT2D eigenvalue weighted by Crippen LogP contribution is -2.46. The average Bonchev–Trinajstić information content (AvgIpc) is 3.14. The lowest BCUT2D eigenvalue weighted by atomic mass is 9.94. The zero-order valence-electron chi connectivity index (χ0n) is 16.7. The highest BCUT2D eigenvalue weighted by Gasteiger charge is 2.39. The summed E-state index contributed by atoms with van der Waals surface area (Å²) in [5.74, 6) is 1.75. The van der Waals surface area contributed by atoms with Gasteiger partial charge in [-0.15, -0.1) is 0 Å². The minimum atomic E-state index is 0.0917. The van der Waals surface area contributed by atoms with Gasteiger partial charge in [-0.2, -0.15) is 0 Å². The van der Waals surface area contributed by atoms with Gasteiger partial charge in [-0.3, -0.25) is 4.79 Å². The van der Waals surface area contributed by atoms with E-state index in [4.69, 9.17) is 4.74 Å². The third-order valence-corrected chi connectivity index (χ3v) is 6.22. The predicted octanol–water partition coefficient (Wildman–Crippen LogP) is 4.22. The van der Waals surface area contributed by atoms with Crippen molar-refractivity contribution < 1.29 is 9.53 Å². The third kappa shape index (κ3) is 4.16. The van der Waals surface area contributed by atoms with E-state index in [1.807, 2.05) is 36.4 Å². The molecule has 2 heterocycles. The minimum absolute atomic E-state index is 0.0917. The van der Waals surface area contributed by atoms with Crippen LogP contribution >= 0.6 is 0 Å². The summed E-state index contributed by atoms with van der Waals surface area (Å²) in [6.07, 6.45) is 3.14. The molecule has 3 atom stereocenters. The number of carbonyl (C=O) groups excluding carboxylic acids is 1. The predicted molar refractivity (Wildman–Crippen MR) is 113 cm³/mol. The molecule has 0 saturated carbocycles. The van der Waals surface area contributed by atoms with Crippen molar-refractivity contribution in [2.24, 2.45) is 11.8 Å². The van der Waals surface area contributed by atoms with Crippen molar-refractivity contribution in [2.45, 2.75) is 32.2 Å². The molecule has 0 aliphatic carbocycles. The first-order valence-corrected chi connectivity index (χ1v) is 10.5. The Balaban J connectivity index is 1.34. The summed E-state index contributed by atoms with van der Waals surface area (Å²) < 4.78 is 5.95. The molecular formula is C24H30N2O2. The van der Waals surface area contributed by atoms with Gasteiger partial charge in [-0.05, 0) is 50.5 Å². The zero-order chi connectivity index (χ0) is 19.3. The van der Waals surface area contributed by atoms with Crippen LogP contribution in [-0.4, -0.2) is 43.1 Å². The maximum Gasteiger partial charge on any atom is 0.227 e. The van der Waals surface area contributed by atoms with Crippen LogP contribution in [0.15, 0.2) is 60.7 Å². The van der Waals surface area contributed by atoms with Crippen LogP contribution in [-0.2, 0) is 4.79 Å². The number of amides is 1. The Morgan fingerprint density at radius 3 is 2.46 bits per heavy atom. The molecule has 1 amide bonds. The summed E-state index contributed by atoms with van der Waals surface area (Å²) in [6.45, 7) is 5.54. The van der Waals surface area contributed by atoms with Gasteiger partial charge in [0.05, 0.1) is 12.5 Å². The fraction of sp³-hybridized carbons (Fsp3) is 0.458. The first-order chi connectivity index (χ1) is 13.7. The zero-order valence-corrected chi connectivity index (χ0v) is 16.7. The normalized spacial score (nSPS) is 25.0. The number of piperidine rings is 1. The third-order valence-electron chi connectivity index (χ3n) is 6.22. The molecule has 4 heteroatoms. The molecule has 0 spiro atoms. The van der Waals surface area contributed by atoms with Crippen LogP contribution in [0.3, 0.4) is 0 Å². The van der Waals surface area contributed by atoms with Crippen molar-refractivity contribution in [3.8, 4) is 5.75 Å². The van der Waals surface area contributed by atoms with Gasteiger partial charge in [0.2, 0.25) is 5.91 Å². The number of hydrogen-bond donors (Lipinski definition) is 0. The Hall–Kier alpha value is -2.49. The maximum absolute atomic E-state index is 13.3. The van der Waals surface area contributed by atoms with Crippen molar-refractivity contribution in [1.82, 2.24) is 4.90 Å². The summed E-state index contributed by atoms with van der Waals surface area (Å²) in [5.41, 5.74) is 1.22. The van der Waals surface area contributed by atoms with Crippen molar-refractivity contribution in [1.29, 1.82) is 0 Å². The van der Waals surface area contributed by atoms with Gasteiger partial charge < -0.3 is 14.5 Å². The Morgan fingerprint density at radius 1 is 1.00 bits per heavy atom. The Morgan fingerprint density at radius 2 is 1.71 bits per heavy atom. The molecule has 4 rings (SSSR count). The van der Waals surface area contributed by atoms with Gasteiger partial charge in [0, 0.05) is 37.3 Å². The summed E-state index contributed by atoms with van der Waals surface area (Å²) in [4.78, 5) is 17.7. The van der Waals surface area contributed by atoms with E-state index < -0.39 is 0 Å². The molecule has 2 aliphatic heterocycles. The molecule has 0 aromatic heterocycles. The van der Waals surface area contributed by atoms with Crippen LogP contribution in [0.1, 0.15) is 26.2 Å². The number of likely N-dealkylation sites (tertiary alicyclic amines) is 1. The molecule has 0 bridgehead atoms. The van der Waals surface area contributed by atoms with Gasteiger partial charge in [-0.25, -0.2) is 0 Å².